The molecule has 1 aromatic rings. The molecule has 0 spiro atoms. The predicted octanol–water partition coefficient (Wildman–Crippen LogP) is 2.33. The van der Waals surface area contributed by atoms with Gasteiger partial charge in [0.25, 0.3) is 0 Å². The molecule has 0 radical (unpaired) electrons. The lowest BCUT2D eigenvalue weighted by molar-refractivity contribution is -0.138. The van der Waals surface area contributed by atoms with E-state index in [-0.39, 0.29) is 11.6 Å². The monoisotopic (exact) mass is 403 g/mol. The minimum absolute atomic E-state index is 0.0371. The summed E-state index contributed by atoms with van der Waals surface area (Å²) in [5.74, 6) is -2.35. The average Bonchev–Trinajstić information content (AvgIpc) is 2.46. The predicted molar refractivity (Wildman–Crippen MR) is 90.1 cm³/mol. The lowest BCUT2D eigenvalue weighted by Gasteiger charge is -2.20. The van der Waals surface area contributed by atoms with Gasteiger partial charge < -0.3 is 21.1 Å². The van der Waals surface area contributed by atoms with Gasteiger partial charge in [0, 0.05) is 4.47 Å². The molecule has 0 saturated carbocycles. The van der Waals surface area contributed by atoms with Gasteiger partial charge in [-0.25, -0.2) is 9.18 Å². The highest BCUT2D eigenvalue weighted by atomic mass is 79.9. The first-order chi connectivity index (χ1) is 11.2. The molecule has 1 atom stereocenters. The van der Waals surface area contributed by atoms with Gasteiger partial charge in [-0.05, 0) is 30.5 Å². The van der Waals surface area contributed by atoms with Crippen molar-refractivity contribution in [3.05, 3.63) is 28.5 Å². The van der Waals surface area contributed by atoms with E-state index in [2.05, 4.69) is 31.9 Å². The lowest BCUT2D eigenvalue weighted by Crippen LogP contribution is -2.49. The number of benzene rings is 1. The second-order valence-corrected chi connectivity index (χ2v) is 6.43. The zero-order valence-corrected chi connectivity index (χ0v) is 14.8. The fourth-order valence-electron chi connectivity index (χ4n) is 1.90. The standard InChI is InChI=1S/C15H19BrFN3O4/c1-8(2)5-12(14(23)18-7-13(21)22)20-15(24)19-11-4-3-9(16)6-10(11)17/h3-4,6,8,12H,5,7H2,1-2H3,(H,18,23)(H,21,22)(H2,19,20,24). The van der Waals surface area contributed by atoms with Crippen molar-refractivity contribution in [2.75, 3.05) is 11.9 Å². The maximum absolute atomic E-state index is 13.7. The molecule has 0 aromatic heterocycles. The summed E-state index contributed by atoms with van der Waals surface area (Å²) in [5.41, 5.74) is -0.0371. The molecule has 0 bridgehead atoms. The van der Waals surface area contributed by atoms with Crippen LogP contribution in [0.1, 0.15) is 20.3 Å². The number of carboxylic acids is 1. The SMILES string of the molecule is CC(C)CC(NC(=O)Nc1ccc(Br)cc1F)C(=O)NCC(=O)O. The molecule has 3 amide bonds. The zero-order valence-electron chi connectivity index (χ0n) is 13.2. The molecular weight excluding hydrogens is 385 g/mol. The van der Waals surface area contributed by atoms with E-state index < -0.39 is 36.3 Å². The quantitative estimate of drug-likeness (QED) is 0.560. The Balaban J connectivity index is 2.72. The van der Waals surface area contributed by atoms with Crippen molar-refractivity contribution in [1.82, 2.24) is 10.6 Å². The van der Waals surface area contributed by atoms with Crippen LogP contribution in [0.3, 0.4) is 0 Å². The molecule has 0 saturated heterocycles. The van der Waals surface area contributed by atoms with Gasteiger partial charge in [0.15, 0.2) is 0 Å². The van der Waals surface area contributed by atoms with E-state index in [0.717, 1.165) is 0 Å². The van der Waals surface area contributed by atoms with Crippen LogP contribution in [0.2, 0.25) is 0 Å². The first-order valence-electron chi connectivity index (χ1n) is 7.21. The Bertz CT molecular complexity index is 625. The number of nitrogens with one attached hydrogen (secondary N) is 3. The molecule has 0 aliphatic carbocycles. The fraction of sp³-hybridized carbons (Fsp3) is 0.400. The normalized spacial score (nSPS) is 11.7. The van der Waals surface area contributed by atoms with E-state index in [4.69, 9.17) is 5.11 Å². The van der Waals surface area contributed by atoms with Crippen LogP contribution >= 0.6 is 15.9 Å². The molecule has 132 valence electrons. The number of amides is 3. The van der Waals surface area contributed by atoms with Crippen molar-refractivity contribution in [2.24, 2.45) is 5.92 Å². The lowest BCUT2D eigenvalue weighted by atomic mass is 10.0. The van der Waals surface area contributed by atoms with Crippen LogP contribution in [-0.4, -0.2) is 35.6 Å². The minimum atomic E-state index is -1.19. The fourth-order valence-corrected chi connectivity index (χ4v) is 2.23. The number of hydrogen-bond donors (Lipinski definition) is 4. The Labute approximate surface area is 147 Å². The largest absolute Gasteiger partial charge is 0.480 e. The molecule has 7 nitrogen and oxygen atoms in total. The second kappa shape index (κ2) is 9.21. The summed E-state index contributed by atoms with van der Waals surface area (Å²) in [6.07, 6.45) is 0.307. The number of aliphatic carboxylic acids is 1. The van der Waals surface area contributed by atoms with Crippen LogP contribution in [0.15, 0.2) is 22.7 Å². The van der Waals surface area contributed by atoms with Crippen molar-refractivity contribution in [3.63, 3.8) is 0 Å². The van der Waals surface area contributed by atoms with E-state index in [9.17, 15) is 18.8 Å². The van der Waals surface area contributed by atoms with Gasteiger partial charge in [-0.2, -0.15) is 0 Å². The first-order valence-corrected chi connectivity index (χ1v) is 8.00. The number of carbonyl (C=O) groups is 3. The maximum Gasteiger partial charge on any atom is 0.322 e. The molecule has 4 N–H and O–H groups in total. The minimum Gasteiger partial charge on any atom is -0.480 e. The molecule has 9 heteroatoms. The Kier molecular flexibility index (Phi) is 7.63. The Morgan fingerprint density at radius 2 is 1.96 bits per heavy atom. The van der Waals surface area contributed by atoms with Gasteiger partial charge >= 0.3 is 12.0 Å². The summed E-state index contributed by atoms with van der Waals surface area (Å²) in [4.78, 5) is 34.5. The maximum atomic E-state index is 13.7. The summed E-state index contributed by atoms with van der Waals surface area (Å²) in [7, 11) is 0. The zero-order chi connectivity index (χ0) is 18.3. The number of anilines is 1. The third-order valence-corrected chi connectivity index (χ3v) is 3.42. The van der Waals surface area contributed by atoms with Crippen LogP contribution in [0.5, 0.6) is 0 Å². The third-order valence-electron chi connectivity index (χ3n) is 2.92. The summed E-state index contributed by atoms with van der Waals surface area (Å²) < 4.78 is 14.2. The molecule has 24 heavy (non-hydrogen) atoms. The number of hydrogen-bond acceptors (Lipinski definition) is 3. The van der Waals surface area contributed by atoms with Gasteiger partial charge in [-0.3, -0.25) is 9.59 Å². The number of carboxylic acid groups (broad SMARTS) is 1. The number of halogens is 2. The number of rotatable bonds is 7. The summed E-state index contributed by atoms with van der Waals surface area (Å²) in [6.45, 7) is 3.16. The van der Waals surface area contributed by atoms with E-state index in [1.54, 1.807) is 6.07 Å². The molecule has 0 aliphatic rings. The van der Waals surface area contributed by atoms with E-state index in [1.165, 1.54) is 12.1 Å². The second-order valence-electron chi connectivity index (χ2n) is 5.52. The third kappa shape index (κ3) is 6.95. The first kappa shape index (κ1) is 19.9. The summed E-state index contributed by atoms with van der Waals surface area (Å²) in [6, 6.07) is 2.45. The van der Waals surface area contributed by atoms with Crippen molar-refractivity contribution < 1.29 is 23.9 Å². The smallest absolute Gasteiger partial charge is 0.322 e. The van der Waals surface area contributed by atoms with Gasteiger partial charge in [0.2, 0.25) is 5.91 Å². The molecular formula is C15H19BrFN3O4. The highest BCUT2D eigenvalue weighted by Crippen LogP contribution is 2.19. The highest BCUT2D eigenvalue weighted by molar-refractivity contribution is 9.10. The van der Waals surface area contributed by atoms with Gasteiger partial charge in [0.05, 0.1) is 5.69 Å². The van der Waals surface area contributed by atoms with E-state index >= 15 is 0 Å². The molecule has 0 heterocycles. The van der Waals surface area contributed by atoms with Gasteiger partial charge in [-0.1, -0.05) is 29.8 Å². The number of carbonyl (C=O) groups excluding carboxylic acids is 2. The molecule has 1 aromatic carbocycles. The Morgan fingerprint density at radius 3 is 2.50 bits per heavy atom. The van der Waals surface area contributed by atoms with Crippen LogP contribution < -0.4 is 16.0 Å². The number of urea groups is 1. The van der Waals surface area contributed by atoms with Crippen molar-refractivity contribution in [2.45, 2.75) is 26.3 Å². The molecule has 1 rings (SSSR count). The van der Waals surface area contributed by atoms with Crippen molar-refractivity contribution in [1.29, 1.82) is 0 Å². The molecule has 0 fully saturated rings. The summed E-state index contributed by atoms with van der Waals surface area (Å²) in [5, 5.41) is 15.6. The molecule has 1 unspecified atom stereocenters. The van der Waals surface area contributed by atoms with Crippen LogP contribution in [0, 0.1) is 11.7 Å². The average molecular weight is 404 g/mol. The topological polar surface area (TPSA) is 108 Å². The molecule has 0 aliphatic heterocycles. The van der Waals surface area contributed by atoms with Crippen molar-refractivity contribution in [3.8, 4) is 0 Å². The van der Waals surface area contributed by atoms with Crippen LogP contribution in [-0.2, 0) is 9.59 Å². The van der Waals surface area contributed by atoms with E-state index in [0.29, 0.717) is 10.9 Å². The van der Waals surface area contributed by atoms with Gasteiger partial charge in [0.1, 0.15) is 18.4 Å². The Hall–Kier alpha value is -2.16. The van der Waals surface area contributed by atoms with Gasteiger partial charge in [-0.15, -0.1) is 0 Å². The highest BCUT2D eigenvalue weighted by Gasteiger charge is 2.22. The van der Waals surface area contributed by atoms with E-state index in [1.807, 2.05) is 13.8 Å². The van der Waals surface area contributed by atoms with Crippen LogP contribution in [0.4, 0.5) is 14.9 Å². The Morgan fingerprint density at radius 1 is 1.29 bits per heavy atom. The van der Waals surface area contributed by atoms with Crippen LogP contribution in [0.25, 0.3) is 0 Å². The summed E-state index contributed by atoms with van der Waals surface area (Å²) >= 11 is 3.11. The van der Waals surface area contributed by atoms with Crippen molar-refractivity contribution >= 4 is 39.5 Å².